The van der Waals surface area contributed by atoms with Crippen LogP contribution in [0.4, 0.5) is 0 Å². The summed E-state index contributed by atoms with van der Waals surface area (Å²) < 4.78 is 5.37. The highest BCUT2D eigenvalue weighted by molar-refractivity contribution is 6.42. The molecule has 2 aromatic carbocycles. The van der Waals surface area contributed by atoms with Crippen molar-refractivity contribution in [3.63, 3.8) is 0 Å². The number of ether oxygens (including phenoxy) is 1. The molecule has 2 aromatic rings. The first-order valence-corrected chi connectivity index (χ1v) is 13.5. The van der Waals surface area contributed by atoms with Crippen molar-refractivity contribution >= 4 is 41.0 Å². The predicted molar refractivity (Wildman–Crippen MR) is 147 cm³/mol. The van der Waals surface area contributed by atoms with E-state index in [1.807, 2.05) is 23.1 Å². The summed E-state index contributed by atoms with van der Waals surface area (Å²) in [4.78, 5) is 43.0. The number of hydrogen-bond donors (Lipinski definition) is 0. The molecule has 0 aromatic heterocycles. The molecule has 1 atom stereocenters. The van der Waals surface area contributed by atoms with E-state index < -0.39 is 11.9 Å². The van der Waals surface area contributed by atoms with Gasteiger partial charge in [-0.15, -0.1) is 0 Å². The zero-order valence-corrected chi connectivity index (χ0v) is 23.4. The van der Waals surface area contributed by atoms with Gasteiger partial charge in [-0.05, 0) is 62.1 Å². The molecule has 0 N–H and O–H groups in total. The van der Waals surface area contributed by atoms with Gasteiger partial charge in [0.2, 0.25) is 5.91 Å². The Morgan fingerprint density at radius 2 is 1.73 bits per heavy atom. The summed E-state index contributed by atoms with van der Waals surface area (Å²) in [6.45, 7) is 9.46. The predicted octanol–water partition coefficient (Wildman–Crippen LogP) is 6.61. The van der Waals surface area contributed by atoms with Crippen LogP contribution in [0.5, 0.6) is 0 Å². The largest absolute Gasteiger partial charge is 0.463 e. The molecule has 2 amide bonds. The van der Waals surface area contributed by atoms with Gasteiger partial charge in [-0.2, -0.15) is 0 Å². The molecule has 0 saturated carbocycles. The second kappa shape index (κ2) is 13.1. The maximum atomic E-state index is 13.4. The number of benzene rings is 2. The van der Waals surface area contributed by atoms with E-state index in [1.54, 1.807) is 43.0 Å². The van der Waals surface area contributed by atoms with Crippen LogP contribution in [-0.4, -0.2) is 47.3 Å². The Hall–Kier alpha value is -2.83. The molecule has 3 rings (SSSR count). The average molecular weight is 546 g/mol. The number of amides is 2. The molecular formula is C29H34Cl2N2O4. The lowest BCUT2D eigenvalue weighted by Gasteiger charge is -2.34. The van der Waals surface area contributed by atoms with E-state index >= 15 is 0 Å². The van der Waals surface area contributed by atoms with Crippen LogP contribution in [0.3, 0.4) is 0 Å². The third kappa shape index (κ3) is 6.74. The Morgan fingerprint density at radius 1 is 1.03 bits per heavy atom. The average Bonchev–Trinajstić information content (AvgIpc) is 2.87. The van der Waals surface area contributed by atoms with Gasteiger partial charge in [-0.25, -0.2) is 4.79 Å². The summed E-state index contributed by atoms with van der Waals surface area (Å²) in [6.07, 6.45) is 1.85. The summed E-state index contributed by atoms with van der Waals surface area (Å²) in [7, 11) is 0. The van der Waals surface area contributed by atoms with Crippen LogP contribution in [0, 0.1) is 0 Å². The van der Waals surface area contributed by atoms with Gasteiger partial charge in [-0.3, -0.25) is 9.59 Å². The highest BCUT2D eigenvalue weighted by Gasteiger charge is 2.37. The number of carbonyl (C=O) groups is 3. The number of carbonyl (C=O) groups excluding carboxylic acids is 3. The lowest BCUT2D eigenvalue weighted by molar-refractivity contribution is -0.140. The third-order valence-corrected chi connectivity index (χ3v) is 7.19. The van der Waals surface area contributed by atoms with Crippen molar-refractivity contribution in [2.45, 2.75) is 59.4 Å². The summed E-state index contributed by atoms with van der Waals surface area (Å²) in [5.74, 6) is -1.11. The standard InChI is InChI=1S/C29H34Cl2N2O4/c1-5-13-32(14-6-2)28(35)22-10-8-9-20(15-22)18-33-19(4)27(29(36)37-7-3)23(17-26(33)34)21-11-12-24(30)25(31)16-21/h8-12,15-16,23H,5-7,13-14,17-18H2,1-4H3. The van der Waals surface area contributed by atoms with Gasteiger partial charge in [0.15, 0.2) is 0 Å². The number of rotatable bonds is 10. The molecule has 0 aliphatic carbocycles. The van der Waals surface area contributed by atoms with E-state index in [1.165, 1.54) is 0 Å². The molecule has 0 spiro atoms. The molecule has 0 radical (unpaired) electrons. The molecule has 8 heteroatoms. The molecule has 0 saturated heterocycles. The first-order chi connectivity index (χ1) is 17.7. The quantitative estimate of drug-likeness (QED) is 0.315. The highest BCUT2D eigenvalue weighted by Crippen LogP contribution is 2.39. The minimum absolute atomic E-state index is 0.0188. The van der Waals surface area contributed by atoms with Crippen molar-refractivity contribution in [3.8, 4) is 0 Å². The van der Waals surface area contributed by atoms with Crippen molar-refractivity contribution in [2.24, 2.45) is 0 Å². The summed E-state index contributed by atoms with van der Waals surface area (Å²) in [5.41, 5.74) is 3.07. The Labute approximate surface area is 229 Å². The summed E-state index contributed by atoms with van der Waals surface area (Å²) in [5, 5.41) is 0.759. The van der Waals surface area contributed by atoms with Crippen LogP contribution in [0.15, 0.2) is 53.7 Å². The van der Waals surface area contributed by atoms with Crippen molar-refractivity contribution in [1.29, 1.82) is 0 Å². The minimum atomic E-state index is -0.498. The van der Waals surface area contributed by atoms with E-state index in [0.717, 1.165) is 24.0 Å². The molecule has 1 unspecified atom stereocenters. The van der Waals surface area contributed by atoms with Crippen LogP contribution in [0.1, 0.15) is 74.4 Å². The maximum Gasteiger partial charge on any atom is 0.336 e. The van der Waals surface area contributed by atoms with Gasteiger partial charge >= 0.3 is 5.97 Å². The van der Waals surface area contributed by atoms with Crippen LogP contribution in [-0.2, 0) is 20.9 Å². The first-order valence-electron chi connectivity index (χ1n) is 12.7. The lowest BCUT2D eigenvalue weighted by atomic mass is 9.83. The Morgan fingerprint density at radius 3 is 2.35 bits per heavy atom. The van der Waals surface area contributed by atoms with Crippen molar-refractivity contribution in [1.82, 2.24) is 9.80 Å². The summed E-state index contributed by atoms with van der Waals surface area (Å²) >= 11 is 12.3. The molecule has 6 nitrogen and oxygen atoms in total. The molecule has 1 aliphatic heterocycles. The molecule has 1 aliphatic rings. The van der Waals surface area contributed by atoms with Crippen LogP contribution < -0.4 is 0 Å². The zero-order chi connectivity index (χ0) is 27.1. The second-order valence-corrected chi connectivity index (χ2v) is 9.94. The van der Waals surface area contributed by atoms with Gasteiger partial charge in [0.05, 0.1) is 28.8 Å². The fraction of sp³-hybridized carbons (Fsp3) is 0.414. The highest BCUT2D eigenvalue weighted by atomic mass is 35.5. The van der Waals surface area contributed by atoms with Gasteiger partial charge in [0, 0.05) is 36.7 Å². The number of halogens is 2. The van der Waals surface area contributed by atoms with Crippen LogP contribution in [0.25, 0.3) is 0 Å². The molecule has 0 bridgehead atoms. The summed E-state index contributed by atoms with van der Waals surface area (Å²) in [6, 6.07) is 12.5. The zero-order valence-electron chi connectivity index (χ0n) is 21.9. The monoisotopic (exact) mass is 544 g/mol. The van der Waals surface area contributed by atoms with E-state index in [-0.39, 0.29) is 31.4 Å². The molecule has 1 heterocycles. The van der Waals surface area contributed by atoms with Gasteiger partial charge < -0.3 is 14.5 Å². The fourth-order valence-corrected chi connectivity index (χ4v) is 5.02. The van der Waals surface area contributed by atoms with Crippen LogP contribution >= 0.6 is 23.2 Å². The molecule has 198 valence electrons. The maximum absolute atomic E-state index is 13.4. The smallest absolute Gasteiger partial charge is 0.336 e. The Bertz CT molecular complexity index is 1190. The molecule has 0 fully saturated rings. The van der Waals surface area contributed by atoms with E-state index in [9.17, 15) is 14.4 Å². The van der Waals surface area contributed by atoms with Gasteiger partial charge in [0.1, 0.15) is 0 Å². The topological polar surface area (TPSA) is 66.9 Å². The first kappa shape index (κ1) is 28.7. The number of hydrogen-bond acceptors (Lipinski definition) is 4. The molecular weight excluding hydrogens is 511 g/mol. The third-order valence-electron chi connectivity index (χ3n) is 6.45. The van der Waals surface area contributed by atoms with Crippen molar-refractivity contribution in [3.05, 3.63) is 80.5 Å². The SMILES string of the molecule is CCCN(CCC)C(=O)c1cccc(CN2C(=O)CC(c3ccc(Cl)c(Cl)c3)C(C(=O)OCC)=C2C)c1. The van der Waals surface area contributed by atoms with E-state index in [4.69, 9.17) is 27.9 Å². The fourth-order valence-electron chi connectivity index (χ4n) is 4.71. The van der Waals surface area contributed by atoms with Crippen molar-refractivity contribution in [2.75, 3.05) is 19.7 Å². The van der Waals surface area contributed by atoms with Crippen molar-refractivity contribution < 1.29 is 19.1 Å². The molecule has 37 heavy (non-hydrogen) atoms. The van der Waals surface area contributed by atoms with Gasteiger partial charge in [-0.1, -0.05) is 55.2 Å². The van der Waals surface area contributed by atoms with E-state index in [0.29, 0.717) is 40.0 Å². The number of allylic oxidation sites excluding steroid dienone is 1. The van der Waals surface area contributed by atoms with E-state index in [2.05, 4.69) is 13.8 Å². The lowest BCUT2D eigenvalue weighted by Crippen LogP contribution is -2.38. The van der Waals surface area contributed by atoms with Crippen LogP contribution in [0.2, 0.25) is 10.0 Å². The minimum Gasteiger partial charge on any atom is -0.463 e. The Balaban J connectivity index is 1.96. The number of nitrogens with zero attached hydrogens (tertiary/aromatic N) is 2. The van der Waals surface area contributed by atoms with Gasteiger partial charge in [0.25, 0.3) is 5.91 Å². The Kier molecular flexibility index (Phi) is 10.2. The number of esters is 1. The normalized spacial score (nSPS) is 15.7. The second-order valence-electron chi connectivity index (χ2n) is 9.12.